The van der Waals surface area contributed by atoms with Gasteiger partial charge in [-0.05, 0) is 31.7 Å². The molecule has 1 atom stereocenters. The third-order valence-electron chi connectivity index (χ3n) is 3.08. The summed E-state index contributed by atoms with van der Waals surface area (Å²) in [6.45, 7) is 2.63. The first-order chi connectivity index (χ1) is 7.69. The summed E-state index contributed by atoms with van der Waals surface area (Å²) < 4.78 is 13.5. The first-order valence-electron chi connectivity index (χ1n) is 5.52. The van der Waals surface area contributed by atoms with Gasteiger partial charge in [0.25, 0.3) is 0 Å². The topological polar surface area (TPSA) is 15.3 Å². The second-order valence-corrected chi connectivity index (χ2v) is 4.68. The number of likely N-dealkylation sites (N-methyl/N-ethyl adjacent to an activating group) is 1. The largest absolute Gasteiger partial charge is 0.316 e. The van der Waals surface area contributed by atoms with Gasteiger partial charge < -0.3 is 5.32 Å². The van der Waals surface area contributed by atoms with E-state index in [0.717, 1.165) is 19.5 Å². The SMILES string of the molecule is CNC1CCN(Cc2cc(Cl)ccc2F)C1. The third kappa shape index (κ3) is 2.73. The maximum Gasteiger partial charge on any atom is 0.127 e. The summed E-state index contributed by atoms with van der Waals surface area (Å²) in [7, 11) is 1.97. The minimum atomic E-state index is -0.169. The summed E-state index contributed by atoms with van der Waals surface area (Å²) in [6, 6.07) is 5.26. The van der Waals surface area contributed by atoms with Crippen LogP contribution >= 0.6 is 11.6 Å². The Morgan fingerprint density at radius 1 is 1.56 bits per heavy atom. The highest BCUT2D eigenvalue weighted by atomic mass is 35.5. The second-order valence-electron chi connectivity index (χ2n) is 4.25. The van der Waals surface area contributed by atoms with Crippen LogP contribution in [0.15, 0.2) is 18.2 Å². The summed E-state index contributed by atoms with van der Waals surface area (Å²) in [5, 5.41) is 3.84. The lowest BCUT2D eigenvalue weighted by molar-refractivity contribution is 0.317. The average molecular weight is 243 g/mol. The van der Waals surface area contributed by atoms with Crippen LogP contribution in [0.5, 0.6) is 0 Å². The molecule has 1 aromatic carbocycles. The minimum Gasteiger partial charge on any atom is -0.316 e. The van der Waals surface area contributed by atoms with Crippen molar-refractivity contribution >= 4 is 11.6 Å². The number of hydrogen-bond acceptors (Lipinski definition) is 2. The van der Waals surface area contributed by atoms with Crippen molar-refractivity contribution in [3.05, 3.63) is 34.6 Å². The molecule has 0 bridgehead atoms. The Bertz CT molecular complexity index is 370. The van der Waals surface area contributed by atoms with Gasteiger partial charge in [-0.2, -0.15) is 0 Å². The van der Waals surface area contributed by atoms with Gasteiger partial charge in [0.15, 0.2) is 0 Å². The fraction of sp³-hybridized carbons (Fsp3) is 0.500. The molecular weight excluding hydrogens is 227 g/mol. The summed E-state index contributed by atoms with van der Waals surface area (Å²) in [6.07, 6.45) is 1.12. The van der Waals surface area contributed by atoms with Crippen LogP contribution in [0, 0.1) is 5.82 Å². The molecule has 0 amide bonds. The summed E-state index contributed by atoms with van der Waals surface area (Å²) >= 11 is 5.86. The molecule has 0 aliphatic carbocycles. The van der Waals surface area contributed by atoms with E-state index in [1.807, 2.05) is 7.05 Å². The highest BCUT2D eigenvalue weighted by molar-refractivity contribution is 6.30. The smallest absolute Gasteiger partial charge is 0.127 e. The first kappa shape index (κ1) is 11.8. The number of rotatable bonds is 3. The van der Waals surface area contributed by atoms with E-state index in [1.165, 1.54) is 6.07 Å². The summed E-state index contributed by atoms with van der Waals surface area (Å²) in [4.78, 5) is 2.25. The highest BCUT2D eigenvalue weighted by Crippen LogP contribution is 2.19. The van der Waals surface area contributed by atoms with Crippen LogP contribution in [-0.4, -0.2) is 31.1 Å². The van der Waals surface area contributed by atoms with Crippen LogP contribution in [0.3, 0.4) is 0 Å². The Labute approximate surface area is 100 Å². The Hall–Kier alpha value is -0.640. The predicted octanol–water partition coefficient (Wildman–Crippen LogP) is 2.27. The van der Waals surface area contributed by atoms with Crippen LogP contribution in [0.25, 0.3) is 0 Å². The Morgan fingerprint density at radius 3 is 3.06 bits per heavy atom. The van der Waals surface area contributed by atoms with Gasteiger partial charge in [0, 0.05) is 36.3 Å². The van der Waals surface area contributed by atoms with Crippen molar-refractivity contribution in [2.24, 2.45) is 0 Å². The lowest BCUT2D eigenvalue weighted by atomic mass is 10.2. The summed E-state index contributed by atoms with van der Waals surface area (Å²) in [5.74, 6) is -0.169. The molecule has 1 N–H and O–H groups in total. The Balaban J connectivity index is 2.01. The van der Waals surface area contributed by atoms with Crippen LogP contribution < -0.4 is 5.32 Å². The Morgan fingerprint density at radius 2 is 2.38 bits per heavy atom. The van der Waals surface area contributed by atoms with E-state index >= 15 is 0 Å². The molecule has 0 spiro atoms. The third-order valence-corrected chi connectivity index (χ3v) is 3.32. The van der Waals surface area contributed by atoms with E-state index in [9.17, 15) is 4.39 Å². The molecule has 4 heteroatoms. The molecular formula is C12H16ClFN2. The van der Waals surface area contributed by atoms with E-state index in [1.54, 1.807) is 12.1 Å². The molecule has 1 fully saturated rings. The van der Waals surface area contributed by atoms with E-state index in [2.05, 4.69) is 10.2 Å². The number of benzene rings is 1. The molecule has 1 aliphatic rings. The minimum absolute atomic E-state index is 0.169. The van der Waals surface area contributed by atoms with E-state index < -0.39 is 0 Å². The van der Waals surface area contributed by atoms with Gasteiger partial charge in [-0.1, -0.05) is 11.6 Å². The van der Waals surface area contributed by atoms with E-state index in [-0.39, 0.29) is 5.82 Å². The molecule has 0 radical (unpaired) electrons. The van der Waals surface area contributed by atoms with Crippen LogP contribution in [-0.2, 0) is 6.54 Å². The molecule has 1 saturated heterocycles. The quantitative estimate of drug-likeness (QED) is 0.875. The van der Waals surface area contributed by atoms with E-state index in [4.69, 9.17) is 11.6 Å². The highest BCUT2D eigenvalue weighted by Gasteiger charge is 2.21. The molecule has 2 nitrogen and oxygen atoms in total. The van der Waals surface area contributed by atoms with Crippen molar-refractivity contribution in [2.75, 3.05) is 20.1 Å². The molecule has 0 saturated carbocycles. The average Bonchev–Trinajstić information content (AvgIpc) is 2.71. The van der Waals surface area contributed by atoms with Crippen molar-refractivity contribution in [3.63, 3.8) is 0 Å². The maximum absolute atomic E-state index is 13.5. The zero-order chi connectivity index (χ0) is 11.5. The lowest BCUT2D eigenvalue weighted by Crippen LogP contribution is -2.29. The molecule has 0 aromatic heterocycles. The predicted molar refractivity (Wildman–Crippen MR) is 64.2 cm³/mol. The van der Waals surface area contributed by atoms with Gasteiger partial charge in [0.1, 0.15) is 5.82 Å². The molecule has 2 rings (SSSR count). The molecule has 1 aliphatic heterocycles. The zero-order valence-corrected chi connectivity index (χ0v) is 10.1. The molecule has 88 valence electrons. The number of likely N-dealkylation sites (tertiary alicyclic amines) is 1. The number of hydrogen-bond donors (Lipinski definition) is 1. The van der Waals surface area contributed by atoms with Gasteiger partial charge in [0.2, 0.25) is 0 Å². The lowest BCUT2D eigenvalue weighted by Gasteiger charge is -2.16. The van der Waals surface area contributed by atoms with E-state index in [0.29, 0.717) is 23.2 Å². The van der Waals surface area contributed by atoms with Gasteiger partial charge >= 0.3 is 0 Å². The van der Waals surface area contributed by atoms with Crippen molar-refractivity contribution < 1.29 is 4.39 Å². The second kappa shape index (κ2) is 5.13. The zero-order valence-electron chi connectivity index (χ0n) is 9.34. The maximum atomic E-state index is 13.5. The number of halogens is 2. The number of nitrogens with one attached hydrogen (secondary N) is 1. The van der Waals surface area contributed by atoms with Gasteiger partial charge in [-0.25, -0.2) is 4.39 Å². The molecule has 1 aromatic rings. The summed E-state index contributed by atoms with van der Waals surface area (Å²) in [5.41, 5.74) is 0.684. The Kier molecular flexibility index (Phi) is 3.79. The van der Waals surface area contributed by atoms with Crippen LogP contribution in [0.1, 0.15) is 12.0 Å². The fourth-order valence-corrected chi connectivity index (χ4v) is 2.31. The normalized spacial score (nSPS) is 21.6. The molecule has 1 unspecified atom stereocenters. The molecule has 1 heterocycles. The van der Waals surface area contributed by atoms with Crippen LogP contribution in [0.4, 0.5) is 4.39 Å². The van der Waals surface area contributed by atoms with Crippen molar-refractivity contribution in [3.8, 4) is 0 Å². The standard InChI is InChI=1S/C12H16ClFN2/c1-15-11-4-5-16(8-11)7-9-6-10(13)2-3-12(9)14/h2-3,6,11,15H,4-5,7-8H2,1H3. The van der Waals surface area contributed by atoms with Crippen molar-refractivity contribution in [1.29, 1.82) is 0 Å². The van der Waals surface area contributed by atoms with Crippen molar-refractivity contribution in [1.82, 2.24) is 10.2 Å². The number of nitrogens with zero attached hydrogens (tertiary/aromatic N) is 1. The van der Waals surface area contributed by atoms with Gasteiger partial charge in [-0.3, -0.25) is 4.90 Å². The monoisotopic (exact) mass is 242 g/mol. The van der Waals surface area contributed by atoms with Crippen LogP contribution in [0.2, 0.25) is 5.02 Å². The fourth-order valence-electron chi connectivity index (χ4n) is 2.12. The molecule has 16 heavy (non-hydrogen) atoms. The first-order valence-corrected chi connectivity index (χ1v) is 5.90. The van der Waals surface area contributed by atoms with Crippen molar-refractivity contribution in [2.45, 2.75) is 19.0 Å². The van der Waals surface area contributed by atoms with Gasteiger partial charge in [-0.15, -0.1) is 0 Å². The van der Waals surface area contributed by atoms with Gasteiger partial charge in [0.05, 0.1) is 0 Å².